The molecule has 0 radical (unpaired) electrons. The van der Waals surface area contributed by atoms with Crippen molar-refractivity contribution < 1.29 is 4.79 Å². The first kappa shape index (κ1) is 17.3. The van der Waals surface area contributed by atoms with E-state index in [9.17, 15) is 4.79 Å². The zero-order valence-electron chi connectivity index (χ0n) is 15.4. The summed E-state index contributed by atoms with van der Waals surface area (Å²) in [5.74, 6) is 0.00572. The van der Waals surface area contributed by atoms with Gasteiger partial charge in [-0.15, -0.1) is 0 Å². The first-order valence-electron chi connectivity index (χ1n) is 9.19. The van der Waals surface area contributed by atoms with Crippen LogP contribution >= 0.6 is 0 Å². The van der Waals surface area contributed by atoms with E-state index in [1.807, 2.05) is 35.6 Å². The third-order valence-electron chi connectivity index (χ3n) is 5.33. The number of carbonyl (C=O) groups excluding carboxylic acids is 1. The van der Waals surface area contributed by atoms with Gasteiger partial charge in [-0.3, -0.25) is 9.78 Å². The minimum Gasteiger partial charge on any atom is -0.369 e. The van der Waals surface area contributed by atoms with Crippen LogP contribution in [0.4, 0.5) is 5.69 Å². The fraction of sp³-hybridized carbons (Fsp3) is 0.286. The smallest absolute Gasteiger partial charge is 0.246 e. The lowest BCUT2D eigenvalue weighted by Gasteiger charge is -2.38. The van der Waals surface area contributed by atoms with E-state index in [1.54, 1.807) is 6.20 Å². The average Bonchev–Trinajstić information content (AvgIpc) is 3.16. The number of hydrogen-bond donors (Lipinski definition) is 1. The highest BCUT2D eigenvalue weighted by atomic mass is 16.2. The van der Waals surface area contributed by atoms with Gasteiger partial charge in [-0.1, -0.05) is 12.6 Å². The first-order chi connectivity index (χ1) is 13.2. The van der Waals surface area contributed by atoms with Crippen molar-refractivity contribution >= 4 is 22.6 Å². The van der Waals surface area contributed by atoms with Crippen molar-refractivity contribution in [2.75, 3.05) is 25.0 Å². The van der Waals surface area contributed by atoms with Gasteiger partial charge < -0.3 is 14.8 Å². The number of piperidine rings is 1. The van der Waals surface area contributed by atoms with Crippen LogP contribution < -0.4 is 4.90 Å². The number of carbonyl (C=O) groups is 1. The molecule has 1 N–H and O–H groups in total. The monoisotopic (exact) mass is 361 g/mol. The Morgan fingerprint density at radius 2 is 2.33 bits per heavy atom. The fourth-order valence-electron chi connectivity index (χ4n) is 3.76. The molecule has 4 rings (SSSR count). The Kier molecular flexibility index (Phi) is 4.62. The second-order valence-electron chi connectivity index (χ2n) is 6.93. The summed E-state index contributed by atoms with van der Waals surface area (Å²) in [7, 11) is 2.08. The Hall–Kier alpha value is -3.15. The van der Waals surface area contributed by atoms with Crippen molar-refractivity contribution in [2.45, 2.75) is 18.9 Å². The van der Waals surface area contributed by atoms with Gasteiger partial charge in [0.05, 0.1) is 11.9 Å². The van der Waals surface area contributed by atoms with E-state index < -0.39 is 0 Å². The summed E-state index contributed by atoms with van der Waals surface area (Å²) in [6.45, 7) is 5.12. The van der Waals surface area contributed by atoms with Crippen molar-refractivity contribution in [1.29, 1.82) is 0 Å². The molecular weight excluding hydrogens is 338 g/mol. The van der Waals surface area contributed by atoms with E-state index in [1.165, 1.54) is 6.08 Å². The Morgan fingerprint density at radius 1 is 1.44 bits per heavy atom. The van der Waals surface area contributed by atoms with Gasteiger partial charge in [0.1, 0.15) is 5.65 Å². The molecule has 1 fully saturated rings. The lowest BCUT2D eigenvalue weighted by atomic mass is 10.0. The Labute approximate surface area is 158 Å². The number of fused-ring (bicyclic) bond motifs is 1. The molecule has 1 saturated heterocycles. The molecule has 3 aromatic heterocycles. The van der Waals surface area contributed by atoms with Gasteiger partial charge in [-0.05, 0) is 31.1 Å². The second kappa shape index (κ2) is 7.23. The molecule has 0 spiro atoms. The Balaban J connectivity index is 1.63. The molecule has 0 aromatic carbocycles. The van der Waals surface area contributed by atoms with E-state index in [0.29, 0.717) is 6.54 Å². The van der Waals surface area contributed by atoms with Gasteiger partial charge in [0.2, 0.25) is 5.91 Å². The van der Waals surface area contributed by atoms with E-state index in [2.05, 4.69) is 39.5 Å². The van der Waals surface area contributed by atoms with Crippen LogP contribution in [0.15, 0.2) is 55.6 Å². The lowest BCUT2D eigenvalue weighted by molar-refractivity contribution is -0.127. The van der Waals surface area contributed by atoms with Gasteiger partial charge in [0.15, 0.2) is 0 Å². The molecular formula is C21H23N5O. The molecule has 4 heterocycles. The first-order valence-corrected chi connectivity index (χ1v) is 9.19. The van der Waals surface area contributed by atoms with Crippen LogP contribution in [-0.2, 0) is 4.79 Å². The molecule has 6 nitrogen and oxygen atoms in total. The highest BCUT2D eigenvalue weighted by Gasteiger charge is 2.25. The van der Waals surface area contributed by atoms with Crippen molar-refractivity contribution in [3.8, 4) is 11.1 Å². The minimum absolute atomic E-state index is 0.00572. The third-order valence-corrected chi connectivity index (χ3v) is 5.33. The predicted molar refractivity (Wildman–Crippen MR) is 108 cm³/mol. The molecule has 1 atom stereocenters. The number of aromatic amines is 1. The molecule has 0 saturated carbocycles. The van der Waals surface area contributed by atoms with Crippen molar-refractivity contribution in [3.05, 3.63) is 55.6 Å². The zero-order valence-corrected chi connectivity index (χ0v) is 15.4. The topological polar surface area (TPSA) is 65.1 Å². The van der Waals surface area contributed by atoms with Crippen LogP contribution in [0.2, 0.25) is 0 Å². The van der Waals surface area contributed by atoms with E-state index >= 15 is 0 Å². The number of pyridine rings is 2. The van der Waals surface area contributed by atoms with Crippen LogP contribution in [0.3, 0.4) is 0 Å². The van der Waals surface area contributed by atoms with Crippen molar-refractivity contribution in [2.24, 2.45) is 0 Å². The third kappa shape index (κ3) is 3.30. The standard InChI is InChI=1S/C21H23N5O/c1-3-20(27)26-9-5-7-16(14-26)25(2)17-10-18-19(13-24-21(18)23-12-17)15-6-4-8-22-11-15/h3-4,6,8,10-13,16H,1,5,7,9,14H2,2H3,(H,23,24)/t16-/m1/s1. The molecule has 6 heteroatoms. The quantitative estimate of drug-likeness (QED) is 0.725. The lowest BCUT2D eigenvalue weighted by Crippen LogP contribution is -2.48. The molecule has 27 heavy (non-hydrogen) atoms. The fourth-order valence-corrected chi connectivity index (χ4v) is 3.76. The second-order valence-corrected chi connectivity index (χ2v) is 6.93. The van der Waals surface area contributed by atoms with Gasteiger partial charge >= 0.3 is 0 Å². The number of H-pyrrole nitrogens is 1. The summed E-state index contributed by atoms with van der Waals surface area (Å²) >= 11 is 0. The summed E-state index contributed by atoms with van der Waals surface area (Å²) in [5.41, 5.74) is 4.06. The highest BCUT2D eigenvalue weighted by Crippen LogP contribution is 2.31. The molecule has 1 amide bonds. The van der Waals surface area contributed by atoms with Crippen molar-refractivity contribution in [1.82, 2.24) is 19.9 Å². The molecule has 0 unspecified atom stereocenters. The van der Waals surface area contributed by atoms with Crippen molar-refractivity contribution in [3.63, 3.8) is 0 Å². The molecule has 138 valence electrons. The Morgan fingerprint density at radius 3 is 3.11 bits per heavy atom. The molecule has 3 aromatic rings. The van der Waals surface area contributed by atoms with Gasteiger partial charge in [0, 0.05) is 61.3 Å². The number of amides is 1. The van der Waals surface area contributed by atoms with E-state index in [0.717, 1.165) is 47.2 Å². The normalized spacial score (nSPS) is 17.1. The minimum atomic E-state index is 0.00572. The van der Waals surface area contributed by atoms with Gasteiger partial charge in [0.25, 0.3) is 0 Å². The summed E-state index contributed by atoms with van der Waals surface area (Å²) in [6.07, 6.45) is 10.9. The summed E-state index contributed by atoms with van der Waals surface area (Å²) < 4.78 is 0. The van der Waals surface area contributed by atoms with E-state index in [4.69, 9.17) is 0 Å². The SMILES string of the molecule is C=CC(=O)N1CCC[C@@H](N(C)c2cnc3[nH]cc(-c4cccnc4)c3c2)C1. The maximum Gasteiger partial charge on any atom is 0.246 e. The van der Waals surface area contributed by atoms with E-state index in [-0.39, 0.29) is 11.9 Å². The molecule has 0 aliphatic carbocycles. The van der Waals surface area contributed by atoms with Crippen LogP contribution in [0.25, 0.3) is 22.2 Å². The van der Waals surface area contributed by atoms with Gasteiger partial charge in [-0.25, -0.2) is 4.98 Å². The number of nitrogens with zero attached hydrogens (tertiary/aromatic N) is 4. The zero-order chi connectivity index (χ0) is 18.8. The number of anilines is 1. The highest BCUT2D eigenvalue weighted by molar-refractivity contribution is 5.95. The number of hydrogen-bond acceptors (Lipinski definition) is 4. The maximum absolute atomic E-state index is 12.0. The summed E-state index contributed by atoms with van der Waals surface area (Å²) in [6, 6.07) is 6.41. The number of rotatable bonds is 4. The van der Waals surface area contributed by atoms with Crippen LogP contribution in [-0.4, -0.2) is 51.9 Å². The molecule has 1 aliphatic heterocycles. The number of aromatic nitrogens is 3. The maximum atomic E-state index is 12.0. The summed E-state index contributed by atoms with van der Waals surface area (Å²) in [5, 5.41) is 1.07. The predicted octanol–water partition coefficient (Wildman–Crippen LogP) is 3.24. The number of nitrogens with one attached hydrogen (secondary N) is 1. The molecule has 0 bridgehead atoms. The largest absolute Gasteiger partial charge is 0.369 e. The Bertz CT molecular complexity index is 965. The number of likely N-dealkylation sites (N-methyl/N-ethyl adjacent to an activating group) is 1. The average molecular weight is 361 g/mol. The summed E-state index contributed by atoms with van der Waals surface area (Å²) in [4.78, 5) is 28.1. The number of likely N-dealkylation sites (tertiary alicyclic amines) is 1. The van der Waals surface area contributed by atoms with Crippen LogP contribution in [0.5, 0.6) is 0 Å². The van der Waals surface area contributed by atoms with Crippen LogP contribution in [0.1, 0.15) is 12.8 Å². The van der Waals surface area contributed by atoms with Crippen LogP contribution in [0, 0.1) is 0 Å². The van der Waals surface area contributed by atoms with Gasteiger partial charge in [-0.2, -0.15) is 0 Å². The molecule has 1 aliphatic rings.